The largest absolute Gasteiger partial charge is 0.461 e. The van der Waals surface area contributed by atoms with Gasteiger partial charge in [0.15, 0.2) is 9.84 Å². The van der Waals surface area contributed by atoms with Crippen LogP contribution in [0.15, 0.2) is 63.9 Å². The van der Waals surface area contributed by atoms with E-state index in [-0.39, 0.29) is 16.8 Å². The van der Waals surface area contributed by atoms with Crippen LogP contribution in [-0.4, -0.2) is 26.6 Å². The highest BCUT2D eigenvalue weighted by Gasteiger charge is 2.12. The third-order valence-electron chi connectivity index (χ3n) is 4.38. The highest BCUT2D eigenvalue weighted by molar-refractivity contribution is 7.90. The number of benzene rings is 2. The summed E-state index contributed by atoms with van der Waals surface area (Å²) in [5.41, 5.74) is 1.78. The molecule has 0 saturated heterocycles. The number of nitrogens with one attached hydrogen (secondary N) is 1. The van der Waals surface area contributed by atoms with Gasteiger partial charge in [-0.05, 0) is 43.2 Å². The maximum absolute atomic E-state index is 12.2. The molecule has 1 amide bonds. The lowest BCUT2D eigenvalue weighted by Gasteiger charge is -2.12. The van der Waals surface area contributed by atoms with Crippen LogP contribution in [0.2, 0.25) is 0 Å². The summed E-state index contributed by atoms with van der Waals surface area (Å²) in [5.74, 6) is 0.811. The first kappa shape index (κ1) is 19.2. The van der Waals surface area contributed by atoms with Crippen molar-refractivity contribution >= 4 is 26.7 Å². The van der Waals surface area contributed by atoms with Crippen LogP contribution in [0.4, 0.5) is 0 Å². The van der Waals surface area contributed by atoms with E-state index in [2.05, 4.69) is 5.32 Å². The summed E-state index contributed by atoms with van der Waals surface area (Å²) in [6.45, 7) is 1.95. The van der Waals surface area contributed by atoms with E-state index < -0.39 is 9.84 Å². The zero-order valence-electron chi connectivity index (χ0n) is 15.4. The van der Waals surface area contributed by atoms with Crippen LogP contribution in [-0.2, 0) is 27.5 Å². The normalized spacial score (nSPS) is 12.8. The summed E-state index contributed by atoms with van der Waals surface area (Å²) >= 11 is 0. The van der Waals surface area contributed by atoms with E-state index in [1.165, 1.54) is 6.26 Å². The van der Waals surface area contributed by atoms with E-state index in [9.17, 15) is 13.2 Å². The Hall–Kier alpha value is -2.60. The number of hydrogen-bond acceptors (Lipinski definition) is 4. The van der Waals surface area contributed by atoms with Gasteiger partial charge in [0.25, 0.3) is 0 Å². The van der Waals surface area contributed by atoms with Gasteiger partial charge >= 0.3 is 0 Å². The van der Waals surface area contributed by atoms with Gasteiger partial charge in [0.2, 0.25) is 5.91 Å². The summed E-state index contributed by atoms with van der Waals surface area (Å²) in [4.78, 5) is 12.5. The van der Waals surface area contributed by atoms with Crippen LogP contribution in [0, 0.1) is 0 Å². The Morgan fingerprint density at radius 2 is 1.81 bits per heavy atom. The lowest BCUT2D eigenvalue weighted by Crippen LogP contribution is -2.34. The SMILES string of the molecule is C[C@H](Cc1cc2ccccc2o1)NC(=O)CCc1ccc(S(C)(=O)=O)cc1. The van der Waals surface area contributed by atoms with Gasteiger partial charge in [0.1, 0.15) is 11.3 Å². The van der Waals surface area contributed by atoms with Crippen LogP contribution in [0.5, 0.6) is 0 Å². The van der Waals surface area contributed by atoms with Gasteiger partial charge in [-0.15, -0.1) is 0 Å². The van der Waals surface area contributed by atoms with Gasteiger partial charge in [-0.1, -0.05) is 30.3 Å². The van der Waals surface area contributed by atoms with Crippen molar-refractivity contribution in [1.29, 1.82) is 0 Å². The second kappa shape index (κ2) is 7.96. The third kappa shape index (κ3) is 5.20. The average molecular weight is 385 g/mol. The Morgan fingerprint density at radius 3 is 2.48 bits per heavy atom. The van der Waals surface area contributed by atoms with Crippen molar-refractivity contribution in [2.24, 2.45) is 0 Å². The van der Waals surface area contributed by atoms with E-state index in [0.717, 1.165) is 22.3 Å². The molecule has 0 radical (unpaired) electrons. The number of sulfone groups is 1. The van der Waals surface area contributed by atoms with Gasteiger partial charge < -0.3 is 9.73 Å². The van der Waals surface area contributed by atoms with Crippen LogP contribution >= 0.6 is 0 Å². The van der Waals surface area contributed by atoms with Gasteiger partial charge in [0.05, 0.1) is 4.90 Å². The second-order valence-electron chi connectivity index (χ2n) is 6.84. The zero-order chi connectivity index (χ0) is 19.4. The van der Waals surface area contributed by atoms with Crippen molar-refractivity contribution in [2.75, 3.05) is 6.26 Å². The summed E-state index contributed by atoms with van der Waals surface area (Å²) in [6, 6.07) is 16.4. The lowest BCUT2D eigenvalue weighted by atomic mass is 10.1. The number of carbonyl (C=O) groups is 1. The molecule has 1 N–H and O–H groups in total. The van der Waals surface area contributed by atoms with Gasteiger partial charge in [0, 0.05) is 30.5 Å². The molecule has 0 saturated carbocycles. The molecule has 3 aromatic rings. The Bertz CT molecular complexity index is 1000. The molecule has 6 heteroatoms. The van der Waals surface area contributed by atoms with E-state index in [0.29, 0.717) is 19.3 Å². The summed E-state index contributed by atoms with van der Waals surface area (Å²) in [7, 11) is -3.19. The predicted octanol–water partition coefficient (Wildman–Crippen LogP) is 3.52. The molecule has 0 aliphatic carbocycles. The number of para-hydroxylation sites is 1. The predicted molar refractivity (Wildman–Crippen MR) is 105 cm³/mol. The van der Waals surface area contributed by atoms with Crippen molar-refractivity contribution in [3.8, 4) is 0 Å². The van der Waals surface area contributed by atoms with Crippen LogP contribution in [0.1, 0.15) is 24.7 Å². The number of carbonyl (C=O) groups excluding carboxylic acids is 1. The molecule has 0 spiro atoms. The summed E-state index contributed by atoms with van der Waals surface area (Å²) in [6.07, 6.45) is 2.72. The summed E-state index contributed by atoms with van der Waals surface area (Å²) < 4.78 is 28.7. The lowest BCUT2D eigenvalue weighted by molar-refractivity contribution is -0.121. The molecule has 0 fully saturated rings. The average Bonchev–Trinajstić information content (AvgIpc) is 3.01. The van der Waals surface area contributed by atoms with Crippen molar-refractivity contribution in [3.63, 3.8) is 0 Å². The molecule has 1 atom stereocenters. The topological polar surface area (TPSA) is 76.4 Å². The fraction of sp³-hybridized carbons (Fsp3) is 0.286. The number of furan rings is 1. The molecule has 5 nitrogen and oxygen atoms in total. The minimum atomic E-state index is -3.19. The van der Waals surface area contributed by atoms with Gasteiger partial charge in [-0.25, -0.2) is 8.42 Å². The standard InChI is InChI=1S/C21H23NO4S/c1-15(13-18-14-17-5-3-4-6-20(17)26-18)22-21(23)12-9-16-7-10-19(11-8-16)27(2,24)25/h3-8,10-11,14-15H,9,12-13H2,1-2H3,(H,22,23)/t15-/m1/s1. The quantitative estimate of drug-likeness (QED) is 0.675. The molecule has 3 rings (SSSR count). The number of rotatable bonds is 7. The first-order valence-corrected chi connectivity index (χ1v) is 10.8. The Balaban J connectivity index is 1.49. The van der Waals surface area contributed by atoms with Gasteiger partial charge in [-0.3, -0.25) is 4.79 Å². The van der Waals surface area contributed by atoms with E-state index in [1.54, 1.807) is 24.3 Å². The monoisotopic (exact) mass is 385 g/mol. The first-order chi connectivity index (χ1) is 12.8. The van der Waals surface area contributed by atoms with Crippen LogP contribution in [0.25, 0.3) is 11.0 Å². The number of aryl methyl sites for hydroxylation is 1. The van der Waals surface area contributed by atoms with Crippen molar-refractivity contribution in [3.05, 3.63) is 65.9 Å². The third-order valence-corrected chi connectivity index (χ3v) is 5.51. The van der Waals surface area contributed by atoms with Crippen molar-refractivity contribution in [1.82, 2.24) is 5.32 Å². The number of amides is 1. The molecule has 1 aromatic heterocycles. The second-order valence-corrected chi connectivity index (χ2v) is 8.86. The van der Waals surface area contributed by atoms with Crippen LogP contribution < -0.4 is 5.32 Å². The zero-order valence-corrected chi connectivity index (χ0v) is 16.3. The summed E-state index contributed by atoms with van der Waals surface area (Å²) in [5, 5.41) is 4.04. The van der Waals surface area contributed by atoms with E-state index in [1.807, 2.05) is 37.3 Å². The number of hydrogen-bond donors (Lipinski definition) is 1. The molecule has 142 valence electrons. The Labute approximate surface area is 159 Å². The molecular weight excluding hydrogens is 362 g/mol. The Kier molecular flexibility index (Phi) is 5.65. The minimum absolute atomic E-state index is 0.0363. The highest BCUT2D eigenvalue weighted by atomic mass is 32.2. The molecular formula is C21H23NO4S. The van der Waals surface area contributed by atoms with E-state index in [4.69, 9.17) is 4.42 Å². The maximum atomic E-state index is 12.2. The first-order valence-electron chi connectivity index (χ1n) is 8.87. The molecule has 0 aliphatic heterocycles. The molecule has 27 heavy (non-hydrogen) atoms. The van der Waals surface area contributed by atoms with Crippen molar-refractivity contribution in [2.45, 2.75) is 37.1 Å². The fourth-order valence-electron chi connectivity index (χ4n) is 3.00. The Morgan fingerprint density at radius 1 is 1.11 bits per heavy atom. The van der Waals surface area contributed by atoms with Gasteiger partial charge in [-0.2, -0.15) is 0 Å². The molecule has 2 aromatic carbocycles. The molecule has 0 unspecified atom stereocenters. The minimum Gasteiger partial charge on any atom is -0.461 e. The van der Waals surface area contributed by atoms with Crippen LogP contribution in [0.3, 0.4) is 0 Å². The maximum Gasteiger partial charge on any atom is 0.220 e. The number of fused-ring (bicyclic) bond motifs is 1. The van der Waals surface area contributed by atoms with Crippen molar-refractivity contribution < 1.29 is 17.6 Å². The molecule has 0 aliphatic rings. The van der Waals surface area contributed by atoms with E-state index >= 15 is 0 Å². The fourth-order valence-corrected chi connectivity index (χ4v) is 3.63. The smallest absolute Gasteiger partial charge is 0.220 e. The molecule has 1 heterocycles. The molecule has 0 bridgehead atoms. The highest BCUT2D eigenvalue weighted by Crippen LogP contribution is 2.19.